The summed E-state index contributed by atoms with van der Waals surface area (Å²) in [6.07, 6.45) is 0.972. The van der Waals surface area contributed by atoms with Crippen LogP contribution in [-0.2, 0) is 6.42 Å². The molecule has 1 N–H and O–H groups in total. The van der Waals surface area contributed by atoms with Gasteiger partial charge in [-0.05, 0) is 37.1 Å². The number of aryl methyl sites for hydroxylation is 1. The Balaban J connectivity index is 2.11. The Morgan fingerprint density at radius 2 is 1.81 bits per heavy atom. The Morgan fingerprint density at radius 3 is 2.43 bits per heavy atom. The molecule has 0 aromatic heterocycles. The molecule has 0 spiro atoms. The van der Waals surface area contributed by atoms with E-state index in [1.54, 1.807) is 7.11 Å². The Hall–Kier alpha value is -2.29. The number of carbonyl (C=O) groups is 1. The van der Waals surface area contributed by atoms with E-state index >= 15 is 0 Å². The van der Waals surface area contributed by atoms with Crippen LogP contribution >= 0.6 is 0 Å². The Bertz CT molecular complexity index is 605. The molecule has 0 aliphatic heterocycles. The zero-order valence-corrected chi connectivity index (χ0v) is 12.7. The monoisotopic (exact) mass is 283 g/mol. The van der Waals surface area contributed by atoms with Crippen molar-refractivity contribution in [2.24, 2.45) is 0 Å². The van der Waals surface area contributed by atoms with Gasteiger partial charge in [0.2, 0.25) is 0 Å². The SMILES string of the molecule is CCc1ccc(C(=O)NC(C)c2ccccc2OC)cc1. The van der Waals surface area contributed by atoms with Crippen molar-refractivity contribution >= 4 is 5.91 Å². The molecular formula is C18H21NO2. The van der Waals surface area contributed by atoms with Gasteiger partial charge in [0.1, 0.15) is 5.75 Å². The summed E-state index contributed by atoms with van der Waals surface area (Å²) < 4.78 is 5.33. The molecular weight excluding hydrogens is 262 g/mol. The molecule has 0 fully saturated rings. The van der Waals surface area contributed by atoms with Gasteiger partial charge in [-0.1, -0.05) is 37.3 Å². The highest BCUT2D eigenvalue weighted by Crippen LogP contribution is 2.24. The Kier molecular flexibility index (Phi) is 4.99. The van der Waals surface area contributed by atoms with Gasteiger partial charge in [0.05, 0.1) is 13.2 Å². The molecule has 0 saturated heterocycles. The molecule has 3 nitrogen and oxygen atoms in total. The number of para-hydroxylation sites is 1. The molecule has 21 heavy (non-hydrogen) atoms. The lowest BCUT2D eigenvalue weighted by molar-refractivity contribution is 0.0939. The van der Waals surface area contributed by atoms with Gasteiger partial charge in [-0.15, -0.1) is 0 Å². The van der Waals surface area contributed by atoms with E-state index in [1.807, 2.05) is 55.5 Å². The summed E-state index contributed by atoms with van der Waals surface area (Å²) in [5.74, 6) is 0.711. The van der Waals surface area contributed by atoms with E-state index in [0.29, 0.717) is 5.56 Å². The number of nitrogens with one attached hydrogen (secondary N) is 1. The first-order valence-corrected chi connectivity index (χ1v) is 7.18. The Labute approximate surface area is 126 Å². The lowest BCUT2D eigenvalue weighted by Gasteiger charge is -2.17. The largest absolute Gasteiger partial charge is 0.496 e. The molecule has 0 aliphatic carbocycles. The molecule has 2 aromatic rings. The first kappa shape index (κ1) is 15.1. The van der Waals surface area contributed by atoms with E-state index in [-0.39, 0.29) is 11.9 Å². The van der Waals surface area contributed by atoms with Crippen LogP contribution in [0.4, 0.5) is 0 Å². The fraction of sp³-hybridized carbons (Fsp3) is 0.278. The average molecular weight is 283 g/mol. The predicted octanol–water partition coefficient (Wildman–Crippen LogP) is 3.75. The van der Waals surface area contributed by atoms with Gasteiger partial charge in [0.25, 0.3) is 5.91 Å². The molecule has 110 valence electrons. The predicted molar refractivity (Wildman–Crippen MR) is 84.7 cm³/mol. The van der Waals surface area contributed by atoms with Gasteiger partial charge < -0.3 is 10.1 Å². The van der Waals surface area contributed by atoms with Crippen LogP contribution in [0.5, 0.6) is 5.75 Å². The summed E-state index contributed by atoms with van der Waals surface area (Å²) in [6.45, 7) is 4.05. The number of methoxy groups -OCH3 is 1. The van der Waals surface area contributed by atoms with Crippen LogP contribution in [0, 0.1) is 0 Å². The van der Waals surface area contributed by atoms with E-state index in [0.717, 1.165) is 17.7 Å². The van der Waals surface area contributed by atoms with E-state index in [9.17, 15) is 4.79 Å². The minimum absolute atomic E-state index is 0.0731. The molecule has 2 aromatic carbocycles. The molecule has 0 heterocycles. The van der Waals surface area contributed by atoms with Crippen molar-refractivity contribution in [2.75, 3.05) is 7.11 Å². The van der Waals surface area contributed by atoms with Crippen molar-refractivity contribution < 1.29 is 9.53 Å². The van der Waals surface area contributed by atoms with Crippen LogP contribution in [0.1, 0.15) is 41.4 Å². The van der Waals surface area contributed by atoms with Gasteiger partial charge in [-0.25, -0.2) is 0 Å². The third-order valence-electron chi connectivity index (χ3n) is 3.58. The summed E-state index contributed by atoms with van der Waals surface area (Å²) in [5, 5.41) is 3.01. The second-order valence-corrected chi connectivity index (χ2v) is 4.99. The fourth-order valence-corrected chi connectivity index (χ4v) is 2.27. The number of amides is 1. The zero-order valence-electron chi connectivity index (χ0n) is 12.7. The highest BCUT2D eigenvalue weighted by atomic mass is 16.5. The van der Waals surface area contributed by atoms with Gasteiger partial charge >= 0.3 is 0 Å². The molecule has 1 amide bonds. The summed E-state index contributed by atoms with van der Waals surface area (Å²) in [4.78, 5) is 12.3. The number of carbonyl (C=O) groups excluding carboxylic acids is 1. The van der Waals surface area contributed by atoms with E-state index < -0.39 is 0 Å². The molecule has 1 unspecified atom stereocenters. The van der Waals surface area contributed by atoms with Crippen LogP contribution in [0.3, 0.4) is 0 Å². The molecule has 0 radical (unpaired) electrons. The summed E-state index contributed by atoms with van der Waals surface area (Å²) in [5.41, 5.74) is 2.87. The number of benzene rings is 2. The number of hydrogen-bond donors (Lipinski definition) is 1. The lowest BCUT2D eigenvalue weighted by Crippen LogP contribution is -2.26. The van der Waals surface area contributed by atoms with Gasteiger partial charge in [0.15, 0.2) is 0 Å². The highest BCUT2D eigenvalue weighted by Gasteiger charge is 2.14. The first-order valence-electron chi connectivity index (χ1n) is 7.18. The van der Waals surface area contributed by atoms with Crippen LogP contribution in [-0.4, -0.2) is 13.0 Å². The zero-order chi connectivity index (χ0) is 15.2. The van der Waals surface area contributed by atoms with Crippen molar-refractivity contribution in [1.82, 2.24) is 5.32 Å². The minimum Gasteiger partial charge on any atom is -0.496 e. The second-order valence-electron chi connectivity index (χ2n) is 4.99. The molecule has 3 heteroatoms. The van der Waals surface area contributed by atoms with Crippen molar-refractivity contribution in [3.8, 4) is 5.75 Å². The van der Waals surface area contributed by atoms with E-state index in [1.165, 1.54) is 5.56 Å². The molecule has 2 rings (SSSR count). The van der Waals surface area contributed by atoms with Gasteiger partial charge in [-0.2, -0.15) is 0 Å². The fourth-order valence-electron chi connectivity index (χ4n) is 2.27. The van der Waals surface area contributed by atoms with E-state index in [2.05, 4.69) is 12.2 Å². The smallest absolute Gasteiger partial charge is 0.251 e. The van der Waals surface area contributed by atoms with Crippen molar-refractivity contribution in [3.05, 3.63) is 65.2 Å². The maximum Gasteiger partial charge on any atom is 0.251 e. The summed E-state index contributed by atoms with van der Waals surface area (Å²) in [6, 6.07) is 15.3. The van der Waals surface area contributed by atoms with Crippen molar-refractivity contribution in [1.29, 1.82) is 0 Å². The van der Waals surface area contributed by atoms with Crippen LogP contribution in [0.15, 0.2) is 48.5 Å². The van der Waals surface area contributed by atoms with Crippen LogP contribution in [0.2, 0.25) is 0 Å². The number of ether oxygens (including phenoxy) is 1. The van der Waals surface area contributed by atoms with Crippen molar-refractivity contribution in [3.63, 3.8) is 0 Å². The normalized spacial score (nSPS) is 11.8. The quantitative estimate of drug-likeness (QED) is 0.907. The third-order valence-corrected chi connectivity index (χ3v) is 3.58. The first-order chi connectivity index (χ1) is 10.2. The minimum atomic E-state index is -0.112. The summed E-state index contributed by atoms with van der Waals surface area (Å²) >= 11 is 0. The van der Waals surface area contributed by atoms with E-state index in [4.69, 9.17) is 4.74 Å². The second kappa shape index (κ2) is 6.93. The summed E-state index contributed by atoms with van der Waals surface area (Å²) in [7, 11) is 1.64. The topological polar surface area (TPSA) is 38.3 Å². The van der Waals surface area contributed by atoms with Gasteiger partial charge in [0, 0.05) is 11.1 Å². The van der Waals surface area contributed by atoms with Crippen LogP contribution < -0.4 is 10.1 Å². The highest BCUT2D eigenvalue weighted by molar-refractivity contribution is 5.94. The van der Waals surface area contributed by atoms with Crippen LogP contribution in [0.25, 0.3) is 0 Å². The average Bonchev–Trinajstić information content (AvgIpc) is 2.54. The molecule has 0 bridgehead atoms. The maximum absolute atomic E-state index is 12.3. The lowest BCUT2D eigenvalue weighted by atomic mass is 10.1. The molecule has 0 aliphatic rings. The third kappa shape index (κ3) is 3.63. The Morgan fingerprint density at radius 1 is 1.14 bits per heavy atom. The number of rotatable bonds is 5. The molecule has 0 saturated carbocycles. The standard InChI is InChI=1S/C18H21NO2/c1-4-14-9-11-15(12-10-14)18(20)19-13(2)16-7-5-6-8-17(16)21-3/h5-13H,4H2,1-3H3,(H,19,20). The maximum atomic E-state index is 12.3. The number of hydrogen-bond acceptors (Lipinski definition) is 2. The van der Waals surface area contributed by atoms with Gasteiger partial charge in [-0.3, -0.25) is 4.79 Å². The molecule has 1 atom stereocenters. The van der Waals surface area contributed by atoms with Crippen molar-refractivity contribution in [2.45, 2.75) is 26.3 Å².